The van der Waals surface area contributed by atoms with Crippen molar-refractivity contribution in [3.8, 4) is 16.9 Å². The second kappa shape index (κ2) is 7.18. The Morgan fingerprint density at radius 3 is 2.54 bits per heavy atom. The number of halogens is 4. The molecule has 0 aliphatic carbocycles. The summed E-state index contributed by atoms with van der Waals surface area (Å²) >= 11 is 0. The second-order valence-corrected chi connectivity index (χ2v) is 5.61. The number of anilines is 2. The summed E-state index contributed by atoms with van der Waals surface area (Å²) in [6.07, 6.45) is -3.53. The molecule has 146 valence electrons. The Morgan fingerprint density at radius 2 is 1.93 bits per heavy atom. The van der Waals surface area contributed by atoms with Crippen LogP contribution in [0.3, 0.4) is 0 Å². The van der Waals surface area contributed by atoms with Gasteiger partial charge in [0.1, 0.15) is 28.9 Å². The number of alkyl halides is 3. The third kappa shape index (κ3) is 4.19. The highest BCUT2D eigenvalue weighted by Crippen LogP contribution is 2.37. The molecule has 0 spiro atoms. The molecule has 3 rings (SSSR count). The van der Waals surface area contributed by atoms with Gasteiger partial charge >= 0.3 is 6.36 Å². The number of nitrogens with two attached hydrogens (primary N) is 1. The third-order valence-corrected chi connectivity index (χ3v) is 3.68. The molecular weight excluding hydrogens is 382 g/mol. The molecule has 1 amide bonds. The minimum atomic E-state index is -4.97. The van der Waals surface area contributed by atoms with Crippen molar-refractivity contribution < 1.29 is 27.1 Å². The molecule has 7 nitrogen and oxygen atoms in total. The molecular formula is C17H13F4N5O2. The van der Waals surface area contributed by atoms with Crippen LogP contribution in [0.1, 0.15) is 10.5 Å². The van der Waals surface area contributed by atoms with E-state index in [0.29, 0.717) is 0 Å². The van der Waals surface area contributed by atoms with E-state index in [-0.39, 0.29) is 28.5 Å². The van der Waals surface area contributed by atoms with Crippen LogP contribution in [0.15, 0.2) is 42.6 Å². The first-order valence-corrected chi connectivity index (χ1v) is 7.75. The maximum absolute atomic E-state index is 13.6. The Bertz CT molecular complexity index is 1030. The number of hydrogen-bond acceptors (Lipinski definition) is 5. The minimum Gasteiger partial charge on any atom is -0.405 e. The van der Waals surface area contributed by atoms with Crippen molar-refractivity contribution in [1.82, 2.24) is 14.8 Å². The van der Waals surface area contributed by atoms with Crippen LogP contribution < -0.4 is 15.8 Å². The summed E-state index contributed by atoms with van der Waals surface area (Å²) in [5, 5.41) is 6.36. The fourth-order valence-corrected chi connectivity index (χ4v) is 2.48. The van der Waals surface area contributed by atoms with E-state index < -0.39 is 23.8 Å². The van der Waals surface area contributed by atoms with Crippen molar-refractivity contribution in [1.29, 1.82) is 0 Å². The lowest BCUT2D eigenvalue weighted by molar-refractivity contribution is -0.274. The highest BCUT2D eigenvalue weighted by atomic mass is 19.4. The lowest BCUT2D eigenvalue weighted by atomic mass is 10.1. The van der Waals surface area contributed by atoms with Crippen molar-refractivity contribution in [3.63, 3.8) is 0 Å². The van der Waals surface area contributed by atoms with Gasteiger partial charge in [-0.05, 0) is 36.4 Å². The fraction of sp³-hybridized carbons (Fsp3) is 0.118. The largest absolute Gasteiger partial charge is 0.573 e. The monoisotopic (exact) mass is 395 g/mol. The molecule has 11 heteroatoms. The molecule has 2 aromatic heterocycles. The number of amides is 1. The predicted molar refractivity (Wildman–Crippen MR) is 91.9 cm³/mol. The second-order valence-electron chi connectivity index (χ2n) is 5.61. The molecule has 0 aliphatic heterocycles. The van der Waals surface area contributed by atoms with Gasteiger partial charge in [-0.2, -0.15) is 5.10 Å². The van der Waals surface area contributed by atoms with Crippen molar-refractivity contribution in [2.24, 2.45) is 7.05 Å². The molecule has 0 unspecified atom stereocenters. The van der Waals surface area contributed by atoms with Crippen LogP contribution in [0.2, 0.25) is 0 Å². The van der Waals surface area contributed by atoms with E-state index in [1.165, 1.54) is 29.1 Å². The number of ether oxygens (including phenoxy) is 1. The standard InChI is InChI=1S/C17H13F4N5O2/c1-26-12(6-7-23-26)16(27)25-14-5-3-10(15(22)24-14)11-8-9(18)2-4-13(11)28-17(19,20)21/h2-8H,1H3,(H3,22,24,25,27). The van der Waals surface area contributed by atoms with E-state index in [0.717, 1.165) is 18.2 Å². The number of pyridine rings is 1. The number of carbonyl (C=O) groups excluding carboxylic acids is 1. The molecule has 0 atom stereocenters. The number of benzene rings is 1. The van der Waals surface area contributed by atoms with Gasteiger partial charge in [0.2, 0.25) is 0 Å². The topological polar surface area (TPSA) is 95.1 Å². The summed E-state index contributed by atoms with van der Waals surface area (Å²) in [5.74, 6) is -2.08. The predicted octanol–water partition coefficient (Wildman–Crippen LogP) is 3.35. The minimum absolute atomic E-state index is 0.0114. The van der Waals surface area contributed by atoms with Gasteiger partial charge in [-0.1, -0.05) is 0 Å². The molecule has 3 N–H and O–H groups in total. The summed E-state index contributed by atoms with van der Waals surface area (Å²) in [7, 11) is 1.58. The van der Waals surface area contributed by atoms with Crippen molar-refractivity contribution >= 4 is 17.5 Å². The van der Waals surface area contributed by atoms with Crippen molar-refractivity contribution in [2.45, 2.75) is 6.36 Å². The first-order valence-electron chi connectivity index (χ1n) is 7.75. The quantitative estimate of drug-likeness (QED) is 0.661. The zero-order valence-electron chi connectivity index (χ0n) is 14.3. The maximum Gasteiger partial charge on any atom is 0.573 e. The van der Waals surface area contributed by atoms with E-state index in [2.05, 4.69) is 20.1 Å². The van der Waals surface area contributed by atoms with Gasteiger partial charge < -0.3 is 15.8 Å². The number of aryl methyl sites for hydroxylation is 1. The van der Waals surface area contributed by atoms with E-state index in [4.69, 9.17) is 5.73 Å². The van der Waals surface area contributed by atoms with Gasteiger partial charge in [-0.3, -0.25) is 9.48 Å². The number of nitrogens with zero attached hydrogens (tertiary/aromatic N) is 3. The maximum atomic E-state index is 13.6. The summed E-state index contributed by atoms with van der Waals surface area (Å²) < 4.78 is 56.6. The summed E-state index contributed by atoms with van der Waals surface area (Å²) in [6, 6.07) is 6.64. The number of nitrogen functional groups attached to an aromatic ring is 1. The van der Waals surface area contributed by atoms with Gasteiger partial charge in [0.15, 0.2) is 0 Å². The Labute approximate surface area is 155 Å². The summed E-state index contributed by atoms with van der Waals surface area (Å²) in [5.41, 5.74) is 5.86. The molecule has 0 saturated carbocycles. The van der Waals surface area contributed by atoms with Crippen LogP contribution >= 0.6 is 0 Å². The molecule has 1 aromatic carbocycles. The van der Waals surface area contributed by atoms with Gasteiger partial charge in [-0.25, -0.2) is 9.37 Å². The lowest BCUT2D eigenvalue weighted by Crippen LogP contribution is -2.18. The van der Waals surface area contributed by atoms with Crippen LogP contribution in [-0.2, 0) is 7.05 Å². The zero-order chi connectivity index (χ0) is 20.5. The summed E-state index contributed by atoms with van der Waals surface area (Å²) in [6.45, 7) is 0. The average molecular weight is 395 g/mol. The number of carbonyl (C=O) groups is 1. The van der Waals surface area contributed by atoms with E-state index in [9.17, 15) is 22.4 Å². The molecule has 0 bridgehead atoms. The Hall–Kier alpha value is -3.63. The Balaban J connectivity index is 1.92. The summed E-state index contributed by atoms with van der Waals surface area (Å²) in [4.78, 5) is 16.1. The van der Waals surface area contributed by atoms with Crippen LogP contribution in [0.25, 0.3) is 11.1 Å². The van der Waals surface area contributed by atoms with Crippen LogP contribution in [0.5, 0.6) is 5.75 Å². The SMILES string of the molecule is Cn1nccc1C(=O)Nc1ccc(-c2cc(F)ccc2OC(F)(F)F)c(N)n1. The highest BCUT2D eigenvalue weighted by molar-refractivity contribution is 6.02. The molecule has 0 saturated heterocycles. The van der Waals surface area contributed by atoms with E-state index in [1.807, 2.05) is 0 Å². The smallest absolute Gasteiger partial charge is 0.405 e. The average Bonchev–Trinajstić information content (AvgIpc) is 3.02. The normalized spacial score (nSPS) is 11.3. The van der Waals surface area contributed by atoms with E-state index >= 15 is 0 Å². The van der Waals surface area contributed by atoms with Gasteiger partial charge in [0.05, 0.1) is 0 Å². The first kappa shape index (κ1) is 19.1. The molecule has 3 aromatic rings. The number of hydrogen-bond donors (Lipinski definition) is 2. The molecule has 0 aliphatic rings. The fourth-order valence-electron chi connectivity index (χ4n) is 2.48. The number of aromatic nitrogens is 3. The van der Waals surface area contributed by atoms with Gasteiger partial charge in [0, 0.05) is 24.4 Å². The lowest BCUT2D eigenvalue weighted by Gasteiger charge is -2.15. The third-order valence-electron chi connectivity index (χ3n) is 3.68. The number of nitrogens with one attached hydrogen (secondary N) is 1. The van der Waals surface area contributed by atoms with Crippen LogP contribution in [0, 0.1) is 5.82 Å². The first-order chi connectivity index (χ1) is 13.1. The molecule has 2 heterocycles. The highest BCUT2D eigenvalue weighted by Gasteiger charge is 2.32. The van der Waals surface area contributed by atoms with Crippen LogP contribution in [0.4, 0.5) is 29.2 Å². The number of rotatable bonds is 4. The molecule has 28 heavy (non-hydrogen) atoms. The van der Waals surface area contributed by atoms with E-state index in [1.54, 1.807) is 7.05 Å². The Kier molecular flexibility index (Phi) is 4.91. The van der Waals surface area contributed by atoms with Gasteiger partial charge in [-0.15, -0.1) is 13.2 Å². The van der Waals surface area contributed by atoms with Crippen molar-refractivity contribution in [2.75, 3.05) is 11.1 Å². The Morgan fingerprint density at radius 1 is 1.18 bits per heavy atom. The molecule has 0 fully saturated rings. The van der Waals surface area contributed by atoms with Gasteiger partial charge in [0.25, 0.3) is 5.91 Å². The zero-order valence-corrected chi connectivity index (χ0v) is 14.3. The van der Waals surface area contributed by atoms with Crippen molar-refractivity contribution in [3.05, 3.63) is 54.1 Å². The molecule has 0 radical (unpaired) electrons. The van der Waals surface area contributed by atoms with Crippen LogP contribution in [-0.4, -0.2) is 27.0 Å².